The van der Waals surface area contributed by atoms with Crippen molar-refractivity contribution < 1.29 is 22.8 Å². The van der Waals surface area contributed by atoms with Gasteiger partial charge in [-0.05, 0) is 55.1 Å². The van der Waals surface area contributed by atoms with Crippen LogP contribution in [0.1, 0.15) is 32.8 Å². The van der Waals surface area contributed by atoms with Crippen molar-refractivity contribution in [3.8, 4) is 5.75 Å². The summed E-state index contributed by atoms with van der Waals surface area (Å²) in [7, 11) is -0.804. The Bertz CT molecular complexity index is 1210. The lowest BCUT2D eigenvalue weighted by Crippen LogP contribution is -2.14. The lowest BCUT2D eigenvalue weighted by Gasteiger charge is -2.28. The number of allylic oxidation sites excluding steroid dienone is 1. The SMILES string of the molecule is C=CCOC(=O)c1cc2cc(C(F)(F)P(Oc3cccc4c3C=CCC4)PNC)ccc2s1. The molecule has 0 amide bonds. The van der Waals surface area contributed by atoms with E-state index < -0.39 is 19.5 Å². The van der Waals surface area contributed by atoms with Crippen molar-refractivity contribution in [3.05, 3.63) is 82.8 Å². The van der Waals surface area contributed by atoms with Crippen LogP contribution in [-0.2, 0) is 16.8 Å². The molecule has 2 unspecified atom stereocenters. The van der Waals surface area contributed by atoms with Crippen LogP contribution in [0.15, 0.2) is 61.2 Å². The molecule has 0 spiro atoms. The van der Waals surface area contributed by atoms with Gasteiger partial charge < -0.3 is 9.26 Å². The van der Waals surface area contributed by atoms with Crippen LogP contribution < -0.4 is 9.61 Å². The summed E-state index contributed by atoms with van der Waals surface area (Å²) in [5.41, 5.74) is -1.34. The third kappa shape index (κ3) is 5.17. The van der Waals surface area contributed by atoms with E-state index in [2.05, 4.69) is 11.7 Å². The maximum atomic E-state index is 15.7. The van der Waals surface area contributed by atoms with Crippen LogP contribution in [0.5, 0.6) is 5.75 Å². The largest absolute Gasteiger partial charge is 0.461 e. The summed E-state index contributed by atoms with van der Waals surface area (Å²) in [4.78, 5) is 12.5. The highest BCUT2D eigenvalue weighted by atomic mass is 32.1. The second-order valence-electron chi connectivity index (χ2n) is 7.31. The number of esters is 1. The molecule has 9 heteroatoms. The summed E-state index contributed by atoms with van der Waals surface area (Å²) >= 11 is 1.21. The number of ether oxygens (including phenoxy) is 1. The third-order valence-electron chi connectivity index (χ3n) is 5.08. The van der Waals surface area contributed by atoms with Gasteiger partial charge in [-0.15, -0.1) is 11.3 Å². The molecule has 2 aromatic carbocycles. The number of aryl methyl sites for hydroxylation is 1. The maximum Gasteiger partial charge on any atom is 0.348 e. The van der Waals surface area contributed by atoms with Gasteiger partial charge in [0.1, 0.15) is 17.2 Å². The Morgan fingerprint density at radius 1 is 1.33 bits per heavy atom. The molecule has 0 saturated heterocycles. The topological polar surface area (TPSA) is 47.6 Å². The van der Waals surface area contributed by atoms with Crippen molar-refractivity contribution >= 4 is 49.7 Å². The fraction of sp³-hybridized carbons (Fsp3) is 0.208. The number of halogens is 2. The van der Waals surface area contributed by atoms with E-state index in [0.29, 0.717) is 16.0 Å². The van der Waals surface area contributed by atoms with Gasteiger partial charge in [0.15, 0.2) is 7.84 Å². The van der Waals surface area contributed by atoms with Gasteiger partial charge in [0.25, 0.3) is 0 Å². The molecule has 0 radical (unpaired) electrons. The van der Waals surface area contributed by atoms with E-state index in [0.717, 1.165) is 28.7 Å². The monoisotopic (exact) mass is 505 g/mol. The molecule has 1 heterocycles. The first kappa shape index (κ1) is 24.0. The molecule has 0 aliphatic heterocycles. The second-order valence-corrected chi connectivity index (χ2v) is 12.3. The van der Waals surface area contributed by atoms with E-state index in [4.69, 9.17) is 9.26 Å². The van der Waals surface area contributed by atoms with E-state index in [1.807, 2.05) is 24.3 Å². The Morgan fingerprint density at radius 2 is 2.18 bits per heavy atom. The number of hydrogen-bond acceptors (Lipinski definition) is 5. The molecule has 1 N–H and O–H groups in total. The quantitative estimate of drug-likeness (QED) is 0.186. The summed E-state index contributed by atoms with van der Waals surface area (Å²) in [5, 5.41) is 3.46. The van der Waals surface area contributed by atoms with Crippen molar-refractivity contribution in [2.75, 3.05) is 13.7 Å². The lowest BCUT2D eigenvalue weighted by atomic mass is 9.97. The highest BCUT2D eigenvalue weighted by Crippen LogP contribution is 2.69. The molecular formula is C24H23F2NO3P2S. The van der Waals surface area contributed by atoms with Crippen LogP contribution in [0.2, 0.25) is 0 Å². The molecule has 0 saturated carbocycles. The zero-order chi connectivity index (χ0) is 23.4. The molecule has 1 aliphatic rings. The molecule has 4 nitrogen and oxygen atoms in total. The predicted octanol–water partition coefficient (Wildman–Crippen LogP) is 7.46. The Kier molecular flexibility index (Phi) is 7.55. The number of fused-ring (bicyclic) bond motifs is 2. The fourth-order valence-corrected chi connectivity index (χ4v) is 7.54. The number of nitrogens with one attached hydrogen (secondary N) is 1. The van der Waals surface area contributed by atoms with E-state index in [-0.39, 0.29) is 20.6 Å². The fourth-order valence-electron chi connectivity index (χ4n) is 3.52. The van der Waals surface area contributed by atoms with Crippen LogP contribution in [0.3, 0.4) is 0 Å². The molecule has 3 aromatic rings. The van der Waals surface area contributed by atoms with Gasteiger partial charge in [-0.2, -0.15) is 8.78 Å². The van der Waals surface area contributed by atoms with Crippen LogP contribution in [0.4, 0.5) is 8.78 Å². The minimum absolute atomic E-state index is 0.0986. The first-order valence-electron chi connectivity index (χ1n) is 10.3. The smallest absolute Gasteiger partial charge is 0.348 e. The normalized spacial score (nSPS) is 14.4. The number of benzene rings is 2. The standard InChI is InChI=1S/C24H23F2NO3P2S/c1-3-13-29-23(28)22-15-17-14-18(11-12-21(17)33-22)24(25,26)32(31-27-2)30-20-10-6-8-16-7-4-5-9-19(16)20/h3,5-6,8-12,14-15,27,31H,1,4,7,13H2,2H3. The average Bonchev–Trinajstić information content (AvgIpc) is 3.26. The summed E-state index contributed by atoms with van der Waals surface area (Å²) in [5.74, 6) is -0.00517. The second kappa shape index (κ2) is 10.4. The lowest BCUT2D eigenvalue weighted by molar-refractivity contribution is 0.0555. The summed E-state index contributed by atoms with van der Waals surface area (Å²) < 4.78 is 43.3. The number of carbonyl (C=O) groups is 1. The molecule has 172 valence electrons. The number of alkyl halides is 2. The zero-order valence-electron chi connectivity index (χ0n) is 17.9. The Hall–Kier alpha value is -2.17. The van der Waals surface area contributed by atoms with Crippen molar-refractivity contribution in [1.29, 1.82) is 0 Å². The Balaban J connectivity index is 1.64. The van der Waals surface area contributed by atoms with E-state index in [1.54, 1.807) is 25.2 Å². The van der Waals surface area contributed by atoms with Gasteiger partial charge in [0, 0.05) is 24.2 Å². The zero-order valence-corrected chi connectivity index (χ0v) is 20.6. The summed E-state index contributed by atoms with van der Waals surface area (Å²) in [6.07, 6.45) is 7.28. The predicted molar refractivity (Wildman–Crippen MR) is 135 cm³/mol. The minimum Gasteiger partial charge on any atom is -0.461 e. The summed E-state index contributed by atoms with van der Waals surface area (Å²) in [6.45, 7) is 3.62. The Labute approximate surface area is 198 Å². The number of rotatable bonds is 9. The van der Waals surface area contributed by atoms with Crippen molar-refractivity contribution in [1.82, 2.24) is 5.09 Å². The minimum atomic E-state index is -3.20. The van der Waals surface area contributed by atoms with Gasteiger partial charge in [-0.25, -0.2) is 4.79 Å². The molecule has 1 aromatic heterocycles. The first-order valence-corrected chi connectivity index (χ1v) is 14.2. The Morgan fingerprint density at radius 3 is 2.97 bits per heavy atom. The number of thiophene rings is 1. The van der Waals surface area contributed by atoms with E-state index >= 15 is 8.78 Å². The van der Waals surface area contributed by atoms with E-state index in [1.165, 1.54) is 29.5 Å². The van der Waals surface area contributed by atoms with Crippen molar-refractivity contribution in [3.63, 3.8) is 0 Å². The number of carbonyl (C=O) groups excluding carboxylic acids is 1. The molecule has 0 fully saturated rings. The molecule has 0 bridgehead atoms. The molecular weight excluding hydrogens is 482 g/mol. The van der Waals surface area contributed by atoms with Crippen LogP contribution in [0.25, 0.3) is 16.2 Å². The third-order valence-corrected chi connectivity index (χ3v) is 10.1. The summed E-state index contributed by atoms with van der Waals surface area (Å²) in [6, 6.07) is 11.7. The molecule has 2 atom stereocenters. The van der Waals surface area contributed by atoms with Gasteiger partial charge in [0.05, 0.1) is 0 Å². The average molecular weight is 505 g/mol. The highest BCUT2D eigenvalue weighted by Gasteiger charge is 2.45. The molecule has 1 aliphatic carbocycles. The van der Waals surface area contributed by atoms with Crippen LogP contribution in [-0.4, -0.2) is 19.6 Å². The number of hydrogen-bond donors (Lipinski definition) is 1. The van der Waals surface area contributed by atoms with Gasteiger partial charge in [0.2, 0.25) is 0 Å². The van der Waals surface area contributed by atoms with Crippen LogP contribution in [0, 0.1) is 0 Å². The van der Waals surface area contributed by atoms with Gasteiger partial charge in [-0.1, -0.05) is 43.0 Å². The van der Waals surface area contributed by atoms with Crippen molar-refractivity contribution in [2.24, 2.45) is 0 Å². The first-order chi connectivity index (χ1) is 15.9. The van der Waals surface area contributed by atoms with Gasteiger partial charge >= 0.3 is 11.6 Å². The van der Waals surface area contributed by atoms with Crippen LogP contribution >= 0.6 is 27.6 Å². The molecule has 33 heavy (non-hydrogen) atoms. The maximum absolute atomic E-state index is 15.7. The van der Waals surface area contributed by atoms with E-state index in [9.17, 15) is 4.79 Å². The van der Waals surface area contributed by atoms with Gasteiger partial charge in [-0.3, -0.25) is 5.09 Å². The molecule has 4 rings (SSSR count). The highest BCUT2D eigenvalue weighted by molar-refractivity contribution is 8.18. The van der Waals surface area contributed by atoms with Crippen molar-refractivity contribution in [2.45, 2.75) is 18.5 Å².